The zero-order valence-electron chi connectivity index (χ0n) is 11.5. The quantitative estimate of drug-likeness (QED) is 0.593. The Morgan fingerprint density at radius 2 is 1.16 bits per heavy atom. The van der Waals surface area contributed by atoms with Crippen molar-refractivity contribution in [2.75, 3.05) is 0 Å². The zero-order chi connectivity index (χ0) is 13.2. The Morgan fingerprint density at radius 3 is 1.95 bits per heavy atom. The maximum atomic E-state index is 2.30. The molecule has 0 aliphatic heterocycles. The fraction of sp³-hybridized carbons (Fsp3) is 0.158. The number of hydrogen-bond donors (Lipinski definition) is 0. The lowest BCUT2D eigenvalue weighted by molar-refractivity contribution is 1.19. The average molecular weight is 246 g/mol. The molecule has 0 N–H and O–H groups in total. The Hall–Kier alpha value is -2.08. The molecular weight excluding hydrogens is 228 g/mol. The van der Waals surface area contributed by atoms with Crippen LogP contribution in [0.25, 0.3) is 10.8 Å². The minimum atomic E-state index is 1.00. The molecule has 0 fully saturated rings. The molecule has 0 aliphatic carbocycles. The van der Waals surface area contributed by atoms with Gasteiger partial charge in [-0.05, 0) is 42.2 Å². The first-order chi connectivity index (χ1) is 9.20. The van der Waals surface area contributed by atoms with E-state index in [4.69, 9.17) is 0 Å². The molecule has 0 unspecified atom stereocenters. The second-order valence-electron chi connectivity index (χ2n) is 5.35. The number of rotatable bonds is 2. The maximum Gasteiger partial charge on any atom is -0.00255 e. The molecule has 0 heteroatoms. The Labute approximate surface area is 114 Å². The SMILES string of the molecule is Cc1ccc(Cc2ccc3cc(C)ccc3c2)cc1. The van der Waals surface area contributed by atoms with E-state index in [1.54, 1.807) is 0 Å². The van der Waals surface area contributed by atoms with Crippen LogP contribution in [0.3, 0.4) is 0 Å². The molecule has 0 bridgehead atoms. The first kappa shape index (κ1) is 12.0. The first-order valence-electron chi connectivity index (χ1n) is 6.75. The second-order valence-corrected chi connectivity index (χ2v) is 5.35. The molecule has 0 saturated heterocycles. The van der Waals surface area contributed by atoms with Crippen LogP contribution in [0.4, 0.5) is 0 Å². The van der Waals surface area contributed by atoms with Gasteiger partial charge >= 0.3 is 0 Å². The van der Waals surface area contributed by atoms with Crippen molar-refractivity contribution in [1.82, 2.24) is 0 Å². The van der Waals surface area contributed by atoms with Crippen molar-refractivity contribution in [3.05, 3.63) is 82.9 Å². The molecule has 0 nitrogen and oxygen atoms in total. The third-order valence-electron chi connectivity index (χ3n) is 3.59. The normalized spacial score (nSPS) is 10.8. The summed E-state index contributed by atoms with van der Waals surface area (Å²) in [6.07, 6.45) is 1.00. The van der Waals surface area contributed by atoms with Gasteiger partial charge in [0.05, 0.1) is 0 Å². The van der Waals surface area contributed by atoms with Crippen molar-refractivity contribution < 1.29 is 0 Å². The molecule has 3 aromatic rings. The van der Waals surface area contributed by atoms with Gasteiger partial charge in [0, 0.05) is 0 Å². The molecule has 0 aromatic heterocycles. The van der Waals surface area contributed by atoms with E-state index in [1.807, 2.05) is 0 Å². The molecule has 0 heterocycles. The van der Waals surface area contributed by atoms with E-state index < -0.39 is 0 Å². The van der Waals surface area contributed by atoms with E-state index in [2.05, 4.69) is 74.5 Å². The number of aryl methyl sites for hydroxylation is 2. The van der Waals surface area contributed by atoms with Crippen LogP contribution in [0.1, 0.15) is 22.3 Å². The van der Waals surface area contributed by atoms with Gasteiger partial charge in [0.1, 0.15) is 0 Å². The van der Waals surface area contributed by atoms with Gasteiger partial charge < -0.3 is 0 Å². The first-order valence-corrected chi connectivity index (χ1v) is 6.75. The van der Waals surface area contributed by atoms with Crippen LogP contribution in [0.15, 0.2) is 60.7 Å². The lowest BCUT2D eigenvalue weighted by atomic mass is 10.00. The summed E-state index contributed by atoms with van der Waals surface area (Å²) < 4.78 is 0. The minimum Gasteiger partial charge on any atom is -0.0590 e. The third-order valence-corrected chi connectivity index (χ3v) is 3.59. The summed E-state index contributed by atoms with van der Waals surface area (Å²) in [7, 11) is 0. The van der Waals surface area contributed by atoms with Crippen LogP contribution in [0.2, 0.25) is 0 Å². The van der Waals surface area contributed by atoms with Crippen molar-refractivity contribution in [3.63, 3.8) is 0 Å². The van der Waals surface area contributed by atoms with Gasteiger partial charge in [-0.25, -0.2) is 0 Å². The van der Waals surface area contributed by atoms with Crippen LogP contribution in [0, 0.1) is 13.8 Å². The van der Waals surface area contributed by atoms with Gasteiger partial charge in [0.2, 0.25) is 0 Å². The molecule has 3 aromatic carbocycles. The van der Waals surface area contributed by atoms with Crippen molar-refractivity contribution >= 4 is 10.8 Å². The lowest BCUT2D eigenvalue weighted by Gasteiger charge is -2.05. The lowest BCUT2D eigenvalue weighted by Crippen LogP contribution is -1.88. The summed E-state index contributed by atoms with van der Waals surface area (Å²) in [4.78, 5) is 0. The molecular formula is C19H18. The molecule has 0 radical (unpaired) electrons. The molecule has 3 rings (SSSR count). The highest BCUT2D eigenvalue weighted by atomic mass is 14.0. The van der Waals surface area contributed by atoms with E-state index in [9.17, 15) is 0 Å². The average Bonchev–Trinajstić information content (AvgIpc) is 2.42. The van der Waals surface area contributed by atoms with Crippen molar-refractivity contribution in [1.29, 1.82) is 0 Å². The topological polar surface area (TPSA) is 0 Å². The fourth-order valence-electron chi connectivity index (χ4n) is 2.47. The number of benzene rings is 3. The zero-order valence-corrected chi connectivity index (χ0v) is 11.5. The van der Waals surface area contributed by atoms with Crippen LogP contribution in [-0.2, 0) is 6.42 Å². The fourth-order valence-corrected chi connectivity index (χ4v) is 2.47. The predicted octanol–water partition coefficient (Wildman–Crippen LogP) is 5.05. The molecule has 0 atom stereocenters. The third kappa shape index (κ3) is 2.68. The summed E-state index contributed by atoms with van der Waals surface area (Å²) in [6.45, 7) is 4.27. The van der Waals surface area contributed by atoms with Crippen molar-refractivity contribution in [3.8, 4) is 0 Å². The Morgan fingerprint density at radius 1 is 0.579 bits per heavy atom. The summed E-state index contributed by atoms with van der Waals surface area (Å²) in [5.41, 5.74) is 5.38. The highest BCUT2D eigenvalue weighted by molar-refractivity contribution is 5.83. The Balaban J connectivity index is 1.93. The standard InChI is InChI=1S/C19H18/c1-14-3-6-16(7-4-14)12-17-8-10-18-11-15(2)5-9-19(18)13-17/h3-11,13H,12H2,1-2H3. The maximum absolute atomic E-state index is 2.30. The van der Waals surface area contributed by atoms with E-state index in [0.717, 1.165) is 6.42 Å². The number of fused-ring (bicyclic) bond motifs is 1. The molecule has 0 saturated carbocycles. The van der Waals surface area contributed by atoms with Gasteiger partial charge in [-0.2, -0.15) is 0 Å². The summed E-state index contributed by atoms with van der Waals surface area (Å²) in [5, 5.41) is 2.66. The molecule has 94 valence electrons. The summed E-state index contributed by atoms with van der Waals surface area (Å²) >= 11 is 0. The number of hydrogen-bond acceptors (Lipinski definition) is 0. The largest absolute Gasteiger partial charge is 0.0590 e. The van der Waals surface area contributed by atoms with E-state index in [-0.39, 0.29) is 0 Å². The van der Waals surface area contributed by atoms with E-state index in [0.29, 0.717) is 0 Å². The van der Waals surface area contributed by atoms with E-state index in [1.165, 1.54) is 33.0 Å². The van der Waals surface area contributed by atoms with Crippen LogP contribution in [-0.4, -0.2) is 0 Å². The van der Waals surface area contributed by atoms with Gasteiger partial charge in [-0.1, -0.05) is 71.8 Å². The Kier molecular flexibility index (Phi) is 3.08. The monoisotopic (exact) mass is 246 g/mol. The molecule has 0 amide bonds. The summed E-state index contributed by atoms with van der Waals surface area (Å²) in [6, 6.07) is 22.2. The summed E-state index contributed by atoms with van der Waals surface area (Å²) in [5.74, 6) is 0. The molecule has 0 aliphatic rings. The van der Waals surface area contributed by atoms with Crippen molar-refractivity contribution in [2.24, 2.45) is 0 Å². The predicted molar refractivity (Wildman–Crippen MR) is 82.7 cm³/mol. The van der Waals surface area contributed by atoms with Crippen molar-refractivity contribution in [2.45, 2.75) is 20.3 Å². The van der Waals surface area contributed by atoms with Crippen LogP contribution in [0.5, 0.6) is 0 Å². The minimum absolute atomic E-state index is 1.00. The van der Waals surface area contributed by atoms with E-state index >= 15 is 0 Å². The van der Waals surface area contributed by atoms with Crippen LogP contribution >= 0.6 is 0 Å². The highest BCUT2D eigenvalue weighted by Crippen LogP contribution is 2.19. The van der Waals surface area contributed by atoms with Gasteiger partial charge in [-0.3, -0.25) is 0 Å². The van der Waals surface area contributed by atoms with Gasteiger partial charge in [0.25, 0.3) is 0 Å². The Bertz CT molecular complexity index is 706. The highest BCUT2D eigenvalue weighted by Gasteiger charge is 1.99. The van der Waals surface area contributed by atoms with Gasteiger partial charge in [0.15, 0.2) is 0 Å². The molecule has 19 heavy (non-hydrogen) atoms. The molecule has 0 spiro atoms. The van der Waals surface area contributed by atoms with Crippen LogP contribution < -0.4 is 0 Å². The second kappa shape index (κ2) is 4.89. The smallest absolute Gasteiger partial charge is 0.00255 e. The van der Waals surface area contributed by atoms with Gasteiger partial charge in [-0.15, -0.1) is 0 Å².